The molecule has 0 radical (unpaired) electrons. The maximum absolute atomic E-state index is 5.71. The first kappa shape index (κ1) is 14.4. The Hall–Kier alpha value is -1.02. The van der Waals surface area contributed by atoms with Crippen molar-refractivity contribution in [2.75, 3.05) is 7.11 Å². The predicted octanol–water partition coefficient (Wildman–Crippen LogP) is 4.32. The second kappa shape index (κ2) is 6.42. The second-order valence-corrected chi connectivity index (χ2v) is 5.38. The number of aryl methyl sites for hydroxylation is 1. The van der Waals surface area contributed by atoms with Crippen molar-refractivity contribution in [2.45, 2.75) is 64.6 Å². The smallest absolute Gasteiger partial charge is 0.119 e. The molecule has 0 bridgehead atoms. The van der Waals surface area contributed by atoms with Gasteiger partial charge < -0.3 is 9.47 Å². The van der Waals surface area contributed by atoms with Crippen LogP contribution >= 0.6 is 0 Å². The zero-order valence-corrected chi connectivity index (χ0v) is 12.6. The van der Waals surface area contributed by atoms with Crippen molar-refractivity contribution in [1.29, 1.82) is 0 Å². The SMILES string of the molecule is CCc1cc(OC)ccc1C(CC)CC1OC1CC. The first-order valence-electron chi connectivity index (χ1n) is 7.55. The Morgan fingerprint density at radius 2 is 2.00 bits per heavy atom. The van der Waals surface area contributed by atoms with Crippen molar-refractivity contribution in [2.24, 2.45) is 0 Å². The average molecular weight is 262 g/mol. The molecule has 2 rings (SSSR count). The summed E-state index contributed by atoms with van der Waals surface area (Å²) < 4.78 is 11.0. The van der Waals surface area contributed by atoms with E-state index in [0.717, 1.165) is 25.0 Å². The van der Waals surface area contributed by atoms with Crippen molar-refractivity contribution in [3.8, 4) is 5.75 Å². The fourth-order valence-corrected chi connectivity index (χ4v) is 2.95. The molecule has 1 heterocycles. The van der Waals surface area contributed by atoms with E-state index in [1.54, 1.807) is 7.11 Å². The standard InChI is InChI=1S/C17H26O2/c1-5-12-10-14(18-4)8-9-15(12)13(6-2)11-17-16(7-3)19-17/h8-10,13,16-17H,5-7,11H2,1-4H3. The monoisotopic (exact) mass is 262 g/mol. The number of epoxide rings is 1. The largest absolute Gasteiger partial charge is 0.497 e. The molecule has 0 aromatic heterocycles. The number of ether oxygens (including phenoxy) is 2. The first-order valence-corrected chi connectivity index (χ1v) is 7.55. The van der Waals surface area contributed by atoms with Crippen molar-refractivity contribution in [3.63, 3.8) is 0 Å². The normalized spacial score (nSPS) is 23.2. The van der Waals surface area contributed by atoms with Crippen LogP contribution in [0.25, 0.3) is 0 Å². The Bertz CT molecular complexity index is 414. The summed E-state index contributed by atoms with van der Waals surface area (Å²) in [5, 5.41) is 0. The molecule has 2 nitrogen and oxygen atoms in total. The Labute approximate surface area is 117 Å². The van der Waals surface area contributed by atoms with Gasteiger partial charge in [0.1, 0.15) is 5.75 Å². The molecule has 1 saturated heterocycles. The van der Waals surface area contributed by atoms with Crippen LogP contribution in [0.3, 0.4) is 0 Å². The lowest BCUT2D eigenvalue weighted by molar-refractivity contribution is 0.348. The van der Waals surface area contributed by atoms with E-state index in [-0.39, 0.29) is 0 Å². The molecule has 0 spiro atoms. The van der Waals surface area contributed by atoms with Crippen LogP contribution in [-0.4, -0.2) is 19.3 Å². The highest BCUT2D eigenvalue weighted by molar-refractivity contribution is 5.38. The topological polar surface area (TPSA) is 21.8 Å². The minimum atomic E-state index is 0.488. The Kier molecular flexibility index (Phi) is 4.87. The van der Waals surface area contributed by atoms with Crippen molar-refractivity contribution >= 4 is 0 Å². The van der Waals surface area contributed by atoms with Gasteiger partial charge in [-0.2, -0.15) is 0 Å². The summed E-state index contributed by atoms with van der Waals surface area (Å²) in [6.45, 7) is 6.70. The maximum atomic E-state index is 5.71. The molecule has 3 unspecified atom stereocenters. The first-order chi connectivity index (χ1) is 9.23. The van der Waals surface area contributed by atoms with Crippen molar-refractivity contribution in [1.82, 2.24) is 0 Å². The number of hydrogen-bond donors (Lipinski definition) is 0. The number of rotatable bonds is 7. The zero-order chi connectivity index (χ0) is 13.8. The molecule has 1 aromatic rings. The van der Waals surface area contributed by atoms with Crippen molar-refractivity contribution < 1.29 is 9.47 Å². The summed E-state index contributed by atoms with van der Waals surface area (Å²) in [5.74, 6) is 1.58. The third-order valence-electron chi connectivity index (χ3n) is 4.27. The molecule has 0 aliphatic carbocycles. The lowest BCUT2D eigenvalue weighted by atomic mass is 9.87. The highest BCUT2D eigenvalue weighted by atomic mass is 16.6. The molecular weight excluding hydrogens is 236 g/mol. The molecule has 1 aliphatic rings. The van der Waals surface area contributed by atoms with Crippen LogP contribution in [0, 0.1) is 0 Å². The van der Waals surface area contributed by atoms with Crippen LogP contribution < -0.4 is 4.74 Å². The van der Waals surface area contributed by atoms with Crippen LogP contribution in [0.5, 0.6) is 5.75 Å². The molecule has 106 valence electrons. The van der Waals surface area contributed by atoms with Gasteiger partial charge in [0.15, 0.2) is 0 Å². The van der Waals surface area contributed by atoms with Crippen LogP contribution in [-0.2, 0) is 11.2 Å². The lowest BCUT2D eigenvalue weighted by Crippen LogP contribution is -2.06. The lowest BCUT2D eigenvalue weighted by Gasteiger charge is -2.19. The van der Waals surface area contributed by atoms with E-state index in [1.165, 1.54) is 17.5 Å². The van der Waals surface area contributed by atoms with Gasteiger partial charge in [0.05, 0.1) is 19.3 Å². The van der Waals surface area contributed by atoms with Gasteiger partial charge in [-0.1, -0.05) is 26.8 Å². The van der Waals surface area contributed by atoms with Gasteiger partial charge in [-0.05, 0) is 54.9 Å². The van der Waals surface area contributed by atoms with E-state index in [4.69, 9.17) is 9.47 Å². The Balaban J connectivity index is 2.13. The maximum Gasteiger partial charge on any atom is 0.119 e. The van der Waals surface area contributed by atoms with E-state index >= 15 is 0 Å². The summed E-state index contributed by atoms with van der Waals surface area (Å²) in [5.41, 5.74) is 2.90. The minimum Gasteiger partial charge on any atom is -0.497 e. The summed E-state index contributed by atoms with van der Waals surface area (Å²) in [4.78, 5) is 0. The van der Waals surface area contributed by atoms with Gasteiger partial charge in [0, 0.05) is 0 Å². The van der Waals surface area contributed by atoms with E-state index in [1.807, 2.05) is 0 Å². The van der Waals surface area contributed by atoms with E-state index in [9.17, 15) is 0 Å². The molecule has 1 aliphatic heterocycles. The predicted molar refractivity (Wildman–Crippen MR) is 79.0 cm³/mol. The molecule has 0 N–H and O–H groups in total. The fourth-order valence-electron chi connectivity index (χ4n) is 2.95. The third-order valence-corrected chi connectivity index (χ3v) is 4.27. The van der Waals surface area contributed by atoms with Crippen LogP contribution in [0.2, 0.25) is 0 Å². The number of hydrogen-bond acceptors (Lipinski definition) is 2. The molecule has 2 heteroatoms. The summed E-state index contributed by atoms with van der Waals surface area (Å²) >= 11 is 0. The second-order valence-electron chi connectivity index (χ2n) is 5.38. The molecule has 19 heavy (non-hydrogen) atoms. The van der Waals surface area contributed by atoms with E-state index in [0.29, 0.717) is 18.1 Å². The van der Waals surface area contributed by atoms with Gasteiger partial charge in [-0.15, -0.1) is 0 Å². The van der Waals surface area contributed by atoms with Gasteiger partial charge in [0.2, 0.25) is 0 Å². The molecule has 1 fully saturated rings. The van der Waals surface area contributed by atoms with Gasteiger partial charge >= 0.3 is 0 Å². The quantitative estimate of drug-likeness (QED) is 0.683. The molecule has 0 saturated carbocycles. The summed E-state index contributed by atoms with van der Waals surface area (Å²) in [6, 6.07) is 6.51. The van der Waals surface area contributed by atoms with Crippen LogP contribution in [0.15, 0.2) is 18.2 Å². The van der Waals surface area contributed by atoms with Gasteiger partial charge in [0.25, 0.3) is 0 Å². The zero-order valence-electron chi connectivity index (χ0n) is 12.6. The fraction of sp³-hybridized carbons (Fsp3) is 0.647. The van der Waals surface area contributed by atoms with Crippen LogP contribution in [0.4, 0.5) is 0 Å². The van der Waals surface area contributed by atoms with Crippen molar-refractivity contribution in [3.05, 3.63) is 29.3 Å². The minimum absolute atomic E-state index is 0.488. The van der Waals surface area contributed by atoms with Gasteiger partial charge in [-0.3, -0.25) is 0 Å². The van der Waals surface area contributed by atoms with E-state index < -0.39 is 0 Å². The molecular formula is C17H26O2. The molecule has 1 aromatic carbocycles. The molecule has 3 atom stereocenters. The Morgan fingerprint density at radius 1 is 1.21 bits per heavy atom. The highest BCUT2D eigenvalue weighted by Crippen LogP contribution is 2.37. The molecule has 0 amide bonds. The summed E-state index contributed by atoms with van der Waals surface area (Å²) in [6.07, 6.45) is 5.54. The van der Waals surface area contributed by atoms with Gasteiger partial charge in [-0.25, -0.2) is 0 Å². The number of benzene rings is 1. The van der Waals surface area contributed by atoms with E-state index in [2.05, 4.69) is 39.0 Å². The summed E-state index contributed by atoms with van der Waals surface area (Å²) in [7, 11) is 1.73. The van der Waals surface area contributed by atoms with Crippen LogP contribution in [0.1, 0.15) is 57.1 Å². The third kappa shape index (κ3) is 3.30. The Morgan fingerprint density at radius 3 is 2.53 bits per heavy atom. The average Bonchev–Trinajstić information content (AvgIpc) is 3.22. The highest BCUT2D eigenvalue weighted by Gasteiger charge is 2.38. The number of methoxy groups -OCH3 is 1.